The number of ketones is 1. The number of hydrogen-bond acceptors (Lipinski definition) is 3. The van der Waals surface area contributed by atoms with Crippen molar-refractivity contribution in [3.8, 4) is 11.1 Å². The Hall–Kier alpha value is -2.37. The third kappa shape index (κ3) is 5.33. The number of hydrogen-bond donors (Lipinski definition) is 0. The molecule has 0 bridgehead atoms. The van der Waals surface area contributed by atoms with Crippen LogP contribution in [0.3, 0.4) is 0 Å². The Bertz CT molecular complexity index is 1120. The highest BCUT2D eigenvalue weighted by Crippen LogP contribution is 2.36. The quantitative estimate of drug-likeness (QED) is 0.466. The number of amides is 2. The Morgan fingerprint density at radius 1 is 0.833 bits per heavy atom. The lowest BCUT2D eigenvalue weighted by molar-refractivity contribution is -0.133. The molecule has 2 aliphatic heterocycles. The number of likely N-dealkylation sites (tertiary alicyclic amines) is 2. The van der Waals surface area contributed by atoms with Gasteiger partial charge in [0, 0.05) is 60.0 Å². The van der Waals surface area contributed by atoms with E-state index in [1.807, 2.05) is 24.3 Å². The van der Waals surface area contributed by atoms with Gasteiger partial charge in [-0.2, -0.15) is 0 Å². The highest BCUT2D eigenvalue weighted by Gasteiger charge is 2.36. The SMILES string of the molecule is O=C1CCN(C(=O)c2ccc(-c3cc(Cl)c(CC4CCN(C5CCCCC5)C4=O)c(Cl)c3)cc2)CC1. The fraction of sp³-hybridized carbons (Fsp3) is 0.483. The predicted molar refractivity (Wildman–Crippen MR) is 142 cm³/mol. The first kappa shape index (κ1) is 25.3. The first-order valence-electron chi connectivity index (χ1n) is 13.1. The molecule has 2 aromatic carbocycles. The van der Waals surface area contributed by atoms with Gasteiger partial charge in [0.15, 0.2) is 0 Å². The predicted octanol–water partition coefficient (Wildman–Crippen LogP) is 6.19. The molecule has 36 heavy (non-hydrogen) atoms. The van der Waals surface area contributed by atoms with Crippen molar-refractivity contribution < 1.29 is 14.4 Å². The normalized spacial score (nSPS) is 21.3. The molecule has 3 aliphatic rings. The molecule has 3 fully saturated rings. The average molecular weight is 527 g/mol. The summed E-state index contributed by atoms with van der Waals surface area (Å²) in [5.41, 5.74) is 3.22. The van der Waals surface area contributed by atoms with Gasteiger partial charge in [-0.3, -0.25) is 14.4 Å². The van der Waals surface area contributed by atoms with Crippen LogP contribution in [0, 0.1) is 5.92 Å². The molecule has 0 spiro atoms. The van der Waals surface area contributed by atoms with Crippen molar-refractivity contribution in [3.63, 3.8) is 0 Å². The highest BCUT2D eigenvalue weighted by atomic mass is 35.5. The van der Waals surface area contributed by atoms with Crippen molar-refractivity contribution in [2.24, 2.45) is 5.92 Å². The van der Waals surface area contributed by atoms with Crippen LogP contribution in [0.5, 0.6) is 0 Å². The summed E-state index contributed by atoms with van der Waals surface area (Å²) in [4.78, 5) is 41.2. The lowest BCUT2D eigenvalue weighted by Gasteiger charge is -2.31. The highest BCUT2D eigenvalue weighted by molar-refractivity contribution is 6.36. The van der Waals surface area contributed by atoms with E-state index in [1.165, 1.54) is 19.3 Å². The van der Waals surface area contributed by atoms with Crippen LogP contribution in [0.1, 0.15) is 67.3 Å². The average Bonchev–Trinajstić information content (AvgIpc) is 3.26. The van der Waals surface area contributed by atoms with Gasteiger partial charge in [-0.05, 0) is 66.6 Å². The van der Waals surface area contributed by atoms with Crippen molar-refractivity contribution in [2.45, 2.75) is 63.8 Å². The van der Waals surface area contributed by atoms with Crippen molar-refractivity contribution >= 4 is 40.8 Å². The number of carbonyl (C=O) groups is 3. The molecular weight excluding hydrogens is 495 g/mol. The van der Waals surface area contributed by atoms with E-state index in [-0.39, 0.29) is 23.5 Å². The van der Waals surface area contributed by atoms with E-state index in [2.05, 4.69) is 4.90 Å². The van der Waals surface area contributed by atoms with Crippen LogP contribution >= 0.6 is 23.2 Å². The molecule has 2 heterocycles. The maximum Gasteiger partial charge on any atom is 0.253 e. The van der Waals surface area contributed by atoms with Crippen LogP contribution in [0.4, 0.5) is 0 Å². The van der Waals surface area contributed by atoms with E-state index in [0.29, 0.717) is 54.0 Å². The van der Waals surface area contributed by atoms with Gasteiger partial charge in [-0.25, -0.2) is 0 Å². The van der Waals surface area contributed by atoms with Gasteiger partial charge >= 0.3 is 0 Å². The maximum absolute atomic E-state index is 13.1. The van der Waals surface area contributed by atoms with Gasteiger partial charge in [-0.15, -0.1) is 0 Å². The molecule has 1 aliphatic carbocycles. The molecule has 5 rings (SSSR count). The lowest BCUT2D eigenvalue weighted by Crippen LogP contribution is -2.39. The van der Waals surface area contributed by atoms with Crippen LogP contribution in [-0.2, 0) is 16.0 Å². The van der Waals surface area contributed by atoms with Gasteiger partial charge in [0.25, 0.3) is 5.91 Å². The Kier molecular flexibility index (Phi) is 7.68. The summed E-state index contributed by atoms with van der Waals surface area (Å²) in [5.74, 6) is 0.342. The Labute approximate surface area is 222 Å². The smallest absolute Gasteiger partial charge is 0.253 e. The van der Waals surface area contributed by atoms with Crippen LogP contribution < -0.4 is 0 Å². The monoisotopic (exact) mass is 526 g/mol. The minimum Gasteiger partial charge on any atom is -0.339 e. The van der Waals surface area contributed by atoms with E-state index < -0.39 is 0 Å². The molecule has 0 aromatic heterocycles. The summed E-state index contributed by atoms with van der Waals surface area (Å²) in [7, 11) is 0. The first-order valence-corrected chi connectivity index (χ1v) is 13.9. The zero-order chi connectivity index (χ0) is 25.2. The van der Waals surface area contributed by atoms with E-state index >= 15 is 0 Å². The van der Waals surface area contributed by atoms with Crippen LogP contribution in [0.15, 0.2) is 36.4 Å². The van der Waals surface area contributed by atoms with Crippen LogP contribution in [0.25, 0.3) is 11.1 Å². The van der Waals surface area contributed by atoms with Crippen LogP contribution in [0.2, 0.25) is 10.0 Å². The van der Waals surface area contributed by atoms with Crippen molar-refractivity contribution in [1.29, 1.82) is 0 Å². The second kappa shape index (κ2) is 10.9. The molecule has 0 radical (unpaired) electrons. The summed E-state index contributed by atoms with van der Waals surface area (Å²) >= 11 is 13.4. The molecule has 0 N–H and O–H groups in total. The molecular formula is C29H32Cl2N2O3. The van der Waals surface area contributed by atoms with Crippen molar-refractivity contribution in [3.05, 3.63) is 57.6 Å². The van der Waals surface area contributed by atoms with Gasteiger partial charge < -0.3 is 9.80 Å². The number of Topliss-reactive ketones (excluding diaryl/α,β-unsaturated/α-hetero) is 1. The number of benzene rings is 2. The number of halogens is 2. The molecule has 7 heteroatoms. The minimum absolute atomic E-state index is 0.0519. The summed E-state index contributed by atoms with van der Waals surface area (Å²) in [5, 5.41) is 1.14. The zero-order valence-electron chi connectivity index (χ0n) is 20.5. The van der Waals surface area contributed by atoms with Gasteiger partial charge in [0.05, 0.1) is 0 Å². The number of nitrogens with zero attached hydrogens (tertiary/aromatic N) is 2. The second-order valence-electron chi connectivity index (χ2n) is 10.3. The minimum atomic E-state index is -0.0665. The number of carbonyl (C=O) groups excluding carboxylic acids is 3. The third-order valence-electron chi connectivity index (χ3n) is 8.03. The number of rotatable bonds is 5. The van der Waals surface area contributed by atoms with E-state index in [9.17, 15) is 14.4 Å². The van der Waals surface area contributed by atoms with E-state index in [1.54, 1.807) is 17.0 Å². The van der Waals surface area contributed by atoms with Crippen molar-refractivity contribution in [2.75, 3.05) is 19.6 Å². The van der Waals surface area contributed by atoms with Gasteiger partial charge in [-0.1, -0.05) is 54.6 Å². The number of piperidine rings is 1. The van der Waals surface area contributed by atoms with Gasteiger partial charge in [0.2, 0.25) is 5.91 Å². The topological polar surface area (TPSA) is 57.7 Å². The molecule has 1 saturated carbocycles. The molecule has 5 nitrogen and oxygen atoms in total. The first-order chi connectivity index (χ1) is 17.4. The second-order valence-corrected chi connectivity index (χ2v) is 11.2. The fourth-order valence-electron chi connectivity index (χ4n) is 5.87. The standard InChI is InChI=1S/C29H32Cl2N2O3/c30-26-17-22(19-6-8-20(9-7-19)28(35)32-13-11-24(34)12-14-32)18-27(31)25(26)16-21-10-15-33(29(21)36)23-4-2-1-3-5-23/h6-9,17-18,21,23H,1-5,10-16H2. The Morgan fingerprint density at radius 3 is 2.11 bits per heavy atom. The van der Waals surface area contributed by atoms with Crippen LogP contribution in [-0.4, -0.2) is 53.1 Å². The lowest BCUT2D eigenvalue weighted by atomic mass is 9.93. The summed E-state index contributed by atoms with van der Waals surface area (Å²) < 4.78 is 0. The molecule has 2 saturated heterocycles. The van der Waals surface area contributed by atoms with Crippen molar-refractivity contribution in [1.82, 2.24) is 9.80 Å². The largest absolute Gasteiger partial charge is 0.339 e. The summed E-state index contributed by atoms with van der Waals surface area (Å²) in [6.07, 6.45) is 8.22. The molecule has 2 aromatic rings. The summed E-state index contributed by atoms with van der Waals surface area (Å²) in [6, 6.07) is 11.6. The Morgan fingerprint density at radius 2 is 1.47 bits per heavy atom. The zero-order valence-corrected chi connectivity index (χ0v) is 22.0. The van der Waals surface area contributed by atoms with E-state index in [4.69, 9.17) is 23.2 Å². The Balaban J connectivity index is 1.26. The third-order valence-corrected chi connectivity index (χ3v) is 8.71. The molecule has 190 valence electrons. The molecule has 1 atom stereocenters. The molecule has 2 amide bonds. The van der Waals surface area contributed by atoms with E-state index in [0.717, 1.165) is 42.5 Å². The fourth-order valence-corrected chi connectivity index (χ4v) is 6.51. The molecule has 1 unspecified atom stereocenters. The maximum atomic E-state index is 13.1. The van der Waals surface area contributed by atoms with Gasteiger partial charge in [0.1, 0.15) is 5.78 Å². The summed E-state index contributed by atoms with van der Waals surface area (Å²) in [6.45, 7) is 1.79.